The average molecular weight is 476 g/mol. The van der Waals surface area contributed by atoms with E-state index < -0.39 is 0 Å². The molecule has 0 fully saturated rings. The van der Waals surface area contributed by atoms with Crippen LogP contribution >= 0.6 is 81.2 Å². The van der Waals surface area contributed by atoms with Crippen LogP contribution in [0.1, 0.15) is 5.56 Å². The van der Waals surface area contributed by atoms with Crippen molar-refractivity contribution in [3.63, 3.8) is 0 Å². The first-order chi connectivity index (χ1) is 11.8. The zero-order chi connectivity index (χ0) is 18.5. The van der Waals surface area contributed by atoms with Crippen molar-refractivity contribution in [2.24, 2.45) is 0 Å². The van der Waals surface area contributed by atoms with Gasteiger partial charge in [0.1, 0.15) is 5.52 Å². The van der Waals surface area contributed by atoms with Crippen LogP contribution in [-0.4, -0.2) is 4.98 Å². The molecular weight excluding hydrogens is 470 g/mol. The molecule has 0 aliphatic rings. The van der Waals surface area contributed by atoms with Gasteiger partial charge in [-0.2, -0.15) is 0 Å². The van der Waals surface area contributed by atoms with Crippen molar-refractivity contribution in [3.05, 3.63) is 59.4 Å². The van der Waals surface area contributed by atoms with Gasteiger partial charge in [-0.25, -0.2) is 4.98 Å². The molecule has 0 aliphatic heterocycles. The van der Waals surface area contributed by atoms with Crippen LogP contribution < -0.4 is 0 Å². The monoisotopic (exact) mass is 473 g/mol. The van der Waals surface area contributed by atoms with E-state index in [4.69, 9.17) is 85.6 Å². The Hall–Kier alpha value is -0.320. The number of fused-ring (bicyclic) bond motifs is 1. The molecule has 130 valence electrons. The Labute approximate surface area is 178 Å². The molecule has 1 aromatic heterocycles. The van der Waals surface area contributed by atoms with Crippen molar-refractivity contribution in [2.45, 2.75) is 6.42 Å². The van der Waals surface area contributed by atoms with Gasteiger partial charge in [0.2, 0.25) is 5.89 Å². The van der Waals surface area contributed by atoms with Gasteiger partial charge in [0.25, 0.3) is 0 Å². The molecule has 2 nitrogen and oxygen atoms in total. The summed E-state index contributed by atoms with van der Waals surface area (Å²) in [5, 5.41) is 1.06. The standard InChI is InChI=1S/C16H6Cl7NO/c1-2-3-5-6(17)4-7-15(9(5)18)25-16(24-7)8-10(19)12(21)14(23)13(22)11(8)20/h2,4H,1,3H2. The fourth-order valence-electron chi connectivity index (χ4n) is 2.27. The lowest BCUT2D eigenvalue weighted by Gasteiger charge is -2.09. The molecule has 3 aromatic rings. The van der Waals surface area contributed by atoms with Gasteiger partial charge < -0.3 is 4.42 Å². The molecule has 9 heteroatoms. The second-order valence-electron chi connectivity index (χ2n) is 4.96. The summed E-state index contributed by atoms with van der Waals surface area (Å²) in [6, 6.07) is 1.63. The number of aromatic nitrogens is 1. The van der Waals surface area contributed by atoms with Crippen molar-refractivity contribution in [3.8, 4) is 11.5 Å². The van der Waals surface area contributed by atoms with Crippen molar-refractivity contribution in [2.75, 3.05) is 0 Å². The summed E-state index contributed by atoms with van der Waals surface area (Å²) in [6.45, 7) is 3.68. The highest BCUT2D eigenvalue weighted by Crippen LogP contribution is 2.49. The molecule has 1 heterocycles. The number of benzene rings is 2. The van der Waals surface area contributed by atoms with Crippen LogP contribution in [0.3, 0.4) is 0 Å². The third kappa shape index (κ3) is 3.23. The van der Waals surface area contributed by atoms with E-state index in [-0.39, 0.29) is 36.6 Å². The quantitative estimate of drug-likeness (QED) is 0.215. The van der Waals surface area contributed by atoms with Gasteiger partial charge in [-0.3, -0.25) is 0 Å². The lowest BCUT2D eigenvalue weighted by Crippen LogP contribution is -1.87. The highest BCUT2D eigenvalue weighted by Gasteiger charge is 2.25. The first kappa shape index (κ1) is 19.4. The molecule has 0 saturated carbocycles. The van der Waals surface area contributed by atoms with Gasteiger partial charge in [0.05, 0.1) is 35.7 Å². The molecule has 0 atom stereocenters. The van der Waals surface area contributed by atoms with Crippen LogP contribution in [0, 0.1) is 0 Å². The summed E-state index contributed by atoms with van der Waals surface area (Å²) in [5.74, 6) is 0.0965. The van der Waals surface area contributed by atoms with Gasteiger partial charge in [-0.05, 0) is 18.1 Å². The Morgan fingerprint density at radius 2 is 1.44 bits per heavy atom. The molecule has 0 spiro atoms. The van der Waals surface area contributed by atoms with Crippen LogP contribution in [0.15, 0.2) is 23.1 Å². The number of halogens is 7. The minimum atomic E-state index is 0.0477. The molecule has 2 aromatic carbocycles. The summed E-state index contributed by atoms with van der Waals surface area (Å²) in [6.07, 6.45) is 2.16. The number of hydrogen-bond acceptors (Lipinski definition) is 2. The summed E-state index contributed by atoms with van der Waals surface area (Å²) in [5.41, 5.74) is 1.67. The minimum absolute atomic E-state index is 0.0477. The first-order valence-electron chi connectivity index (χ1n) is 6.68. The number of nitrogens with zero attached hydrogens (tertiary/aromatic N) is 1. The van der Waals surface area contributed by atoms with Gasteiger partial charge >= 0.3 is 0 Å². The molecule has 0 aliphatic carbocycles. The van der Waals surface area contributed by atoms with E-state index in [1.54, 1.807) is 12.1 Å². The molecular formula is C16H6Cl7NO. The van der Waals surface area contributed by atoms with Gasteiger partial charge in [0, 0.05) is 5.02 Å². The molecule has 25 heavy (non-hydrogen) atoms. The Balaban J connectivity index is 2.32. The maximum atomic E-state index is 6.39. The normalized spacial score (nSPS) is 11.3. The zero-order valence-corrected chi connectivity index (χ0v) is 17.4. The summed E-state index contributed by atoms with van der Waals surface area (Å²) < 4.78 is 5.77. The number of allylic oxidation sites excluding steroid dienone is 1. The van der Waals surface area contributed by atoms with Crippen molar-refractivity contribution < 1.29 is 4.42 Å². The third-order valence-corrected chi connectivity index (χ3v) is 6.46. The number of hydrogen-bond donors (Lipinski definition) is 0. The Bertz CT molecular complexity index is 996. The van der Waals surface area contributed by atoms with Gasteiger partial charge in [0.15, 0.2) is 5.58 Å². The van der Waals surface area contributed by atoms with E-state index >= 15 is 0 Å². The molecule has 0 radical (unpaired) electrons. The predicted octanol–water partition coefficient (Wildman–Crippen LogP) is 8.80. The Morgan fingerprint density at radius 1 is 0.880 bits per heavy atom. The molecule has 3 rings (SSSR count). The number of oxazole rings is 1. The maximum Gasteiger partial charge on any atom is 0.230 e. The second kappa shape index (κ2) is 7.36. The molecule has 0 saturated heterocycles. The SMILES string of the molecule is C=CCc1c(Cl)cc2nc(-c3c(Cl)c(Cl)c(Cl)c(Cl)c3Cl)oc2c1Cl. The minimum Gasteiger partial charge on any atom is -0.434 e. The van der Waals surface area contributed by atoms with E-state index in [2.05, 4.69) is 11.6 Å². The van der Waals surface area contributed by atoms with Gasteiger partial charge in [-0.15, -0.1) is 6.58 Å². The summed E-state index contributed by atoms with van der Waals surface area (Å²) in [4.78, 5) is 4.35. The van der Waals surface area contributed by atoms with E-state index in [0.29, 0.717) is 33.1 Å². The molecule has 0 unspecified atom stereocenters. The van der Waals surface area contributed by atoms with Crippen LogP contribution in [0.2, 0.25) is 35.2 Å². The predicted molar refractivity (Wildman–Crippen MR) is 108 cm³/mol. The largest absolute Gasteiger partial charge is 0.434 e. The lowest BCUT2D eigenvalue weighted by atomic mass is 10.1. The average Bonchev–Trinajstić information content (AvgIpc) is 2.98. The smallest absolute Gasteiger partial charge is 0.230 e. The van der Waals surface area contributed by atoms with Crippen LogP contribution in [0.25, 0.3) is 22.6 Å². The highest BCUT2D eigenvalue weighted by atomic mass is 35.5. The summed E-state index contributed by atoms with van der Waals surface area (Å²) in [7, 11) is 0. The second-order valence-corrected chi connectivity index (χ2v) is 7.63. The van der Waals surface area contributed by atoms with Crippen LogP contribution in [-0.2, 0) is 6.42 Å². The van der Waals surface area contributed by atoms with Crippen molar-refractivity contribution >= 4 is 92.3 Å². The zero-order valence-electron chi connectivity index (χ0n) is 12.1. The fourth-order valence-corrected chi connectivity index (χ4v) is 4.20. The highest BCUT2D eigenvalue weighted by molar-refractivity contribution is 6.56. The van der Waals surface area contributed by atoms with E-state index in [9.17, 15) is 0 Å². The Kier molecular flexibility index (Phi) is 5.72. The van der Waals surface area contributed by atoms with E-state index in [1.807, 2.05) is 0 Å². The third-order valence-electron chi connectivity index (χ3n) is 3.44. The van der Waals surface area contributed by atoms with Gasteiger partial charge in [-0.1, -0.05) is 87.3 Å². The van der Waals surface area contributed by atoms with Crippen molar-refractivity contribution in [1.29, 1.82) is 0 Å². The number of rotatable bonds is 3. The van der Waals surface area contributed by atoms with Crippen LogP contribution in [0.5, 0.6) is 0 Å². The van der Waals surface area contributed by atoms with E-state index in [0.717, 1.165) is 0 Å². The van der Waals surface area contributed by atoms with E-state index in [1.165, 1.54) is 0 Å². The van der Waals surface area contributed by atoms with Crippen molar-refractivity contribution in [1.82, 2.24) is 4.98 Å². The topological polar surface area (TPSA) is 26.0 Å². The molecule has 0 bridgehead atoms. The first-order valence-corrected chi connectivity index (χ1v) is 9.32. The molecule has 0 amide bonds. The van der Waals surface area contributed by atoms with Crippen LogP contribution in [0.4, 0.5) is 0 Å². The summed E-state index contributed by atoms with van der Waals surface area (Å²) >= 11 is 43.3. The fraction of sp³-hybridized carbons (Fsp3) is 0.0625. The lowest BCUT2D eigenvalue weighted by molar-refractivity contribution is 0.619. The molecule has 0 N–H and O–H groups in total. The Morgan fingerprint density at radius 3 is 2.00 bits per heavy atom. The maximum absolute atomic E-state index is 6.39.